The molecule has 6 rings (SSSR count). The van der Waals surface area contributed by atoms with Crippen molar-refractivity contribution < 1.29 is 38.7 Å². The van der Waals surface area contributed by atoms with E-state index in [9.17, 15) is 19.8 Å². The highest BCUT2D eigenvalue weighted by molar-refractivity contribution is 5.72. The van der Waals surface area contributed by atoms with E-state index in [4.69, 9.17) is 18.9 Å². The number of phenols is 2. The largest absolute Gasteiger partial charge is 0.507 e. The number of carbonyl (C=O) groups excluding carboxylic acids is 2. The highest BCUT2D eigenvalue weighted by Crippen LogP contribution is 2.44. The number of aromatic hydroxyl groups is 2. The number of esters is 2. The fourth-order valence-corrected chi connectivity index (χ4v) is 8.07. The van der Waals surface area contributed by atoms with Crippen LogP contribution in [0.1, 0.15) is 164 Å². The lowest BCUT2D eigenvalue weighted by atomic mass is 9.78. The van der Waals surface area contributed by atoms with E-state index < -0.39 is 11.9 Å². The summed E-state index contributed by atoms with van der Waals surface area (Å²) in [6.45, 7) is 29.3. The maximum absolute atomic E-state index is 12.9. The average molecular weight is 821 g/mol. The van der Waals surface area contributed by atoms with Crippen LogP contribution < -0.4 is 9.47 Å². The van der Waals surface area contributed by atoms with Gasteiger partial charge in [0.2, 0.25) is 0 Å². The number of ether oxygens (including phenoxy) is 4. The van der Waals surface area contributed by atoms with Crippen molar-refractivity contribution in [3.05, 3.63) is 115 Å². The number of rotatable bonds is 8. The number of phenolic OH excluding ortho intramolecular Hbond substituents is 2. The van der Waals surface area contributed by atoms with E-state index in [1.165, 1.54) is 0 Å². The highest BCUT2D eigenvalue weighted by Gasteiger charge is 2.30. The number of hydrogen-bond donors (Lipinski definition) is 2. The predicted octanol–water partition coefficient (Wildman–Crippen LogP) is 10.8. The molecule has 324 valence electrons. The van der Waals surface area contributed by atoms with Crippen molar-refractivity contribution in [2.45, 2.75) is 144 Å². The minimum absolute atomic E-state index is 0.158. The van der Waals surface area contributed by atoms with Crippen LogP contribution in [0.2, 0.25) is 0 Å². The first kappa shape index (κ1) is 46.1. The third-order valence-electron chi connectivity index (χ3n) is 11.3. The van der Waals surface area contributed by atoms with Crippen LogP contribution in [0.4, 0.5) is 0 Å². The molecule has 8 heteroatoms. The van der Waals surface area contributed by atoms with E-state index in [0.29, 0.717) is 42.7 Å². The van der Waals surface area contributed by atoms with E-state index in [-0.39, 0.29) is 59.6 Å². The van der Waals surface area contributed by atoms with Gasteiger partial charge in [-0.15, -0.1) is 0 Å². The van der Waals surface area contributed by atoms with Gasteiger partial charge in [0.05, 0.1) is 13.2 Å². The zero-order valence-corrected chi connectivity index (χ0v) is 38.6. The number of benzene rings is 4. The first-order valence-electron chi connectivity index (χ1n) is 21.4. The van der Waals surface area contributed by atoms with Crippen LogP contribution in [0.3, 0.4) is 0 Å². The Hall–Kier alpha value is -4.98. The summed E-state index contributed by atoms with van der Waals surface area (Å²) >= 11 is 0. The minimum atomic E-state index is -0.479. The average Bonchev–Trinajstić information content (AvgIpc) is 3.12. The third kappa shape index (κ3) is 10.7. The monoisotopic (exact) mass is 820 g/mol. The summed E-state index contributed by atoms with van der Waals surface area (Å²) in [5, 5.41) is 24.9. The molecule has 2 aliphatic carbocycles. The summed E-state index contributed by atoms with van der Waals surface area (Å²) in [5.74, 6) is 0.462. The molecule has 0 spiro atoms. The summed E-state index contributed by atoms with van der Waals surface area (Å²) in [7, 11) is 0. The number of carbonyl (C=O) groups is 2. The van der Waals surface area contributed by atoms with Gasteiger partial charge in [-0.05, 0) is 97.2 Å². The molecule has 0 fully saturated rings. The standard InChI is InChI=1S/C52H68O8/c1-15-57-44(53)29-59-43-21-31-19-32-17-18-41(51(9,10)11)40(47(32)56)28-36-26-38(50(6,7)8)25-35(48(36)60-30-45(54)58-16-2)22-33-23-37(49(3,4)5)24-34(46(33)55)27-39(43)42(20-31)52(12,13)14/h17-18,20-21,23-26,55-56H,15-16,19,22,27-30H2,1-14H3. The molecule has 4 aromatic carbocycles. The van der Waals surface area contributed by atoms with E-state index in [2.05, 4.69) is 119 Å². The third-order valence-corrected chi connectivity index (χ3v) is 11.3. The molecule has 8 bridgehead atoms. The maximum Gasteiger partial charge on any atom is 0.344 e. The van der Waals surface area contributed by atoms with Crippen molar-refractivity contribution in [3.8, 4) is 23.0 Å². The van der Waals surface area contributed by atoms with Gasteiger partial charge < -0.3 is 29.2 Å². The lowest BCUT2D eigenvalue weighted by Crippen LogP contribution is -2.20. The second kappa shape index (κ2) is 17.6. The van der Waals surface area contributed by atoms with Gasteiger partial charge >= 0.3 is 11.9 Å². The van der Waals surface area contributed by atoms with Gasteiger partial charge in [-0.25, -0.2) is 9.59 Å². The molecule has 8 nitrogen and oxygen atoms in total. The van der Waals surface area contributed by atoms with Gasteiger partial charge in [0, 0.05) is 36.8 Å². The zero-order valence-electron chi connectivity index (χ0n) is 38.6. The predicted molar refractivity (Wildman–Crippen MR) is 239 cm³/mol. The van der Waals surface area contributed by atoms with Gasteiger partial charge in [-0.2, -0.15) is 0 Å². The van der Waals surface area contributed by atoms with E-state index >= 15 is 0 Å². The Labute approximate surface area is 358 Å². The summed E-state index contributed by atoms with van der Waals surface area (Å²) in [5.41, 5.74) is 9.20. The second-order valence-electron chi connectivity index (χ2n) is 20.4. The molecule has 0 amide bonds. The van der Waals surface area contributed by atoms with Gasteiger partial charge in [-0.1, -0.05) is 126 Å². The van der Waals surface area contributed by atoms with Gasteiger partial charge in [0.25, 0.3) is 0 Å². The lowest BCUT2D eigenvalue weighted by molar-refractivity contribution is -0.146. The van der Waals surface area contributed by atoms with Crippen molar-refractivity contribution in [1.82, 2.24) is 0 Å². The molecule has 2 aliphatic rings. The normalized spacial score (nSPS) is 13.4. The van der Waals surface area contributed by atoms with Crippen LogP contribution in [0.5, 0.6) is 23.0 Å². The Balaban J connectivity index is 1.93. The van der Waals surface area contributed by atoms with Crippen molar-refractivity contribution in [2.24, 2.45) is 0 Å². The van der Waals surface area contributed by atoms with Gasteiger partial charge in [0.1, 0.15) is 23.0 Å². The first-order valence-corrected chi connectivity index (χ1v) is 21.4. The molecule has 0 heterocycles. The van der Waals surface area contributed by atoms with E-state index in [1.807, 2.05) is 12.1 Å². The van der Waals surface area contributed by atoms with Crippen LogP contribution >= 0.6 is 0 Å². The summed E-state index contributed by atoms with van der Waals surface area (Å²) in [6, 6.07) is 16.7. The summed E-state index contributed by atoms with van der Waals surface area (Å²) in [6.07, 6.45) is 1.33. The maximum atomic E-state index is 12.9. The van der Waals surface area contributed by atoms with Gasteiger partial charge in [-0.3, -0.25) is 0 Å². The second-order valence-corrected chi connectivity index (χ2v) is 20.4. The van der Waals surface area contributed by atoms with Crippen LogP contribution in [0.25, 0.3) is 0 Å². The first-order chi connectivity index (χ1) is 27.8. The fraction of sp³-hybridized carbons (Fsp3) is 0.500. The smallest absolute Gasteiger partial charge is 0.344 e. The van der Waals surface area contributed by atoms with Crippen molar-refractivity contribution in [3.63, 3.8) is 0 Å². The molecule has 0 saturated carbocycles. The Morgan fingerprint density at radius 1 is 0.517 bits per heavy atom. The number of fused-ring (bicyclic) bond motifs is 2. The molecule has 2 N–H and O–H groups in total. The zero-order chi connectivity index (χ0) is 44.5. The Morgan fingerprint density at radius 2 is 1.00 bits per heavy atom. The van der Waals surface area contributed by atoms with Crippen LogP contribution in [-0.4, -0.2) is 48.6 Å². The topological polar surface area (TPSA) is 112 Å². The van der Waals surface area contributed by atoms with Crippen molar-refractivity contribution in [2.75, 3.05) is 26.4 Å². The minimum Gasteiger partial charge on any atom is -0.507 e. The highest BCUT2D eigenvalue weighted by atomic mass is 16.6. The molecule has 0 aromatic heterocycles. The molecule has 0 aliphatic heterocycles. The molecular weight excluding hydrogens is 753 g/mol. The Kier molecular flexibility index (Phi) is 13.5. The molecule has 0 atom stereocenters. The molecule has 0 radical (unpaired) electrons. The Bertz CT molecular complexity index is 2230. The van der Waals surface area contributed by atoms with Crippen LogP contribution in [0.15, 0.2) is 48.5 Å². The Morgan fingerprint density at radius 3 is 1.52 bits per heavy atom. The molecule has 4 aromatic rings. The molecule has 60 heavy (non-hydrogen) atoms. The number of hydrogen-bond acceptors (Lipinski definition) is 8. The summed E-state index contributed by atoms with van der Waals surface area (Å²) in [4.78, 5) is 25.7. The van der Waals surface area contributed by atoms with Gasteiger partial charge in [0.15, 0.2) is 13.2 Å². The SMILES string of the molecule is CCOC(=O)COc1cc2cc(C(C)(C)C)c1Cc1cc(C(C)(C)C)cc(c1O)Cc1cc(C(C)(C)C)cc(c1OCC(=O)OCC)Cc1c(C(C)(C)C)ccc(c1O)C2. The van der Waals surface area contributed by atoms with E-state index in [1.54, 1.807) is 13.8 Å². The van der Waals surface area contributed by atoms with E-state index in [0.717, 1.165) is 61.2 Å². The molecular formula is C52H68O8. The lowest BCUT2D eigenvalue weighted by Gasteiger charge is -2.28. The van der Waals surface area contributed by atoms with Crippen LogP contribution in [0, 0.1) is 0 Å². The fourth-order valence-electron chi connectivity index (χ4n) is 8.07. The summed E-state index contributed by atoms with van der Waals surface area (Å²) < 4.78 is 23.5. The van der Waals surface area contributed by atoms with Crippen LogP contribution in [-0.2, 0) is 66.4 Å². The van der Waals surface area contributed by atoms with Crippen molar-refractivity contribution in [1.29, 1.82) is 0 Å². The molecule has 0 saturated heterocycles. The van der Waals surface area contributed by atoms with Crippen molar-refractivity contribution >= 4 is 11.9 Å². The quantitative estimate of drug-likeness (QED) is 0.149. The molecule has 0 unspecified atom stereocenters.